The number of aromatic nitrogens is 1. The molecule has 0 saturated carbocycles. The van der Waals surface area contributed by atoms with Crippen LogP contribution in [-0.2, 0) is 11.2 Å². The summed E-state index contributed by atoms with van der Waals surface area (Å²) in [5.41, 5.74) is 5.51. The van der Waals surface area contributed by atoms with Crippen LogP contribution in [-0.4, -0.2) is 22.6 Å². The van der Waals surface area contributed by atoms with Crippen LogP contribution in [0.1, 0.15) is 22.6 Å². The molecule has 0 aliphatic carbocycles. The summed E-state index contributed by atoms with van der Waals surface area (Å²) in [7, 11) is 0. The average molecular weight is 347 g/mol. The molecule has 3 N–H and O–H groups in total. The second kappa shape index (κ2) is 8.78. The first-order chi connectivity index (χ1) is 12.8. The van der Waals surface area contributed by atoms with Gasteiger partial charge in [0, 0.05) is 24.6 Å². The van der Waals surface area contributed by atoms with Crippen LogP contribution < -0.4 is 10.8 Å². The van der Waals surface area contributed by atoms with Gasteiger partial charge in [-0.25, -0.2) is 5.48 Å². The van der Waals surface area contributed by atoms with Gasteiger partial charge < -0.3 is 5.32 Å². The molecule has 26 heavy (non-hydrogen) atoms. The Bertz CT molecular complexity index is 838. The van der Waals surface area contributed by atoms with Crippen LogP contribution in [0.3, 0.4) is 0 Å². The number of carbonyl (C=O) groups excluding carboxylic acids is 1. The fourth-order valence-electron chi connectivity index (χ4n) is 2.93. The highest BCUT2D eigenvalue weighted by molar-refractivity contribution is 5.86. The van der Waals surface area contributed by atoms with E-state index in [-0.39, 0.29) is 0 Å². The molecule has 0 radical (unpaired) electrons. The summed E-state index contributed by atoms with van der Waals surface area (Å²) in [6.45, 7) is 0.761. The molecule has 1 amide bonds. The first-order valence-corrected chi connectivity index (χ1v) is 8.49. The molecule has 1 unspecified atom stereocenters. The molecule has 3 aromatic rings. The first-order valence-electron chi connectivity index (χ1n) is 8.49. The molecule has 5 nitrogen and oxygen atoms in total. The molecule has 0 saturated heterocycles. The van der Waals surface area contributed by atoms with Crippen LogP contribution in [0.4, 0.5) is 5.69 Å². The predicted molar refractivity (Wildman–Crippen MR) is 101 cm³/mol. The Kier molecular flexibility index (Phi) is 5.96. The zero-order valence-corrected chi connectivity index (χ0v) is 14.3. The third-order valence-electron chi connectivity index (χ3n) is 4.19. The van der Waals surface area contributed by atoms with Crippen molar-refractivity contribution in [3.63, 3.8) is 0 Å². The van der Waals surface area contributed by atoms with Gasteiger partial charge in [-0.15, -0.1) is 0 Å². The zero-order chi connectivity index (χ0) is 18.2. The molecule has 1 heterocycles. The van der Waals surface area contributed by atoms with Crippen LogP contribution in [0, 0.1) is 0 Å². The summed E-state index contributed by atoms with van der Waals surface area (Å²) < 4.78 is 0. The fourth-order valence-corrected chi connectivity index (χ4v) is 2.93. The number of anilines is 1. The maximum atomic E-state index is 12.2. The Balaban J connectivity index is 1.75. The number of hydrogen-bond acceptors (Lipinski definition) is 4. The standard InChI is InChI=1S/C21H21N3O2/c25-21(24-26)20(17-7-2-1-3-8-17)18-9-4-10-19(14-18)23-13-11-16-6-5-12-22-15-16/h1-10,12,14-15,20,23,26H,11,13H2,(H,24,25). The Morgan fingerprint density at radius 1 is 1.00 bits per heavy atom. The monoisotopic (exact) mass is 347 g/mol. The minimum Gasteiger partial charge on any atom is -0.385 e. The van der Waals surface area contributed by atoms with Crippen LogP contribution in [0.5, 0.6) is 0 Å². The molecule has 0 bridgehead atoms. The van der Waals surface area contributed by atoms with Crippen molar-refractivity contribution in [3.05, 3.63) is 95.8 Å². The highest BCUT2D eigenvalue weighted by atomic mass is 16.5. The number of rotatable bonds is 7. The summed E-state index contributed by atoms with van der Waals surface area (Å²) in [5.74, 6) is -1.02. The van der Waals surface area contributed by atoms with Gasteiger partial charge in [0.2, 0.25) is 0 Å². The van der Waals surface area contributed by atoms with Gasteiger partial charge in [-0.2, -0.15) is 0 Å². The molecule has 0 spiro atoms. The molecule has 2 aromatic carbocycles. The lowest BCUT2D eigenvalue weighted by atomic mass is 9.90. The van der Waals surface area contributed by atoms with E-state index in [1.54, 1.807) is 11.7 Å². The van der Waals surface area contributed by atoms with Gasteiger partial charge in [-0.05, 0) is 41.3 Å². The predicted octanol–water partition coefficient (Wildman–Crippen LogP) is 3.37. The maximum Gasteiger partial charge on any atom is 0.255 e. The summed E-state index contributed by atoms with van der Waals surface area (Å²) in [6.07, 6.45) is 4.47. The molecular weight excluding hydrogens is 326 g/mol. The van der Waals surface area contributed by atoms with E-state index in [1.807, 2.05) is 72.9 Å². The second-order valence-corrected chi connectivity index (χ2v) is 5.98. The number of hydroxylamine groups is 1. The number of nitrogens with zero attached hydrogens (tertiary/aromatic N) is 1. The normalized spacial score (nSPS) is 11.6. The number of amides is 1. The number of hydrogen-bond donors (Lipinski definition) is 3. The fraction of sp³-hybridized carbons (Fsp3) is 0.143. The minimum absolute atomic E-state index is 0.455. The van der Waals surface area contributed by atoms with E-state index in [4.69, 9.17) is 5.21 Å². The van der Waals surface area contributed by atoms with Gasteiger partial charge in [0.1, 0.15) is 0 Å². The Labute approximate surface area is 152 Å². The molecule has 1 aromatic heterocycles. The smallest absolute Gasteiger partial charge is 0.255 e. The van der Waals surface area contributed by atoms with Crippen molar-refractivity contribution >= 4 is 11.6 Å². The van der Waals surface area contributed by atoms with Crippen molar-refractivity contribution in [2.45, 2.75) is 12.3 Å². The van der Waals surface area contributed by atoms with Gasteiger partial charge in [0.05, 0.1) is 5.92 Å². The molecule has 1 atom stereocenters. The van der Waals surface area contributed by atoms with E-state index in [0.717, 1.165) is 35.3 Å². The van der Waals surface area contributed by atoms with Crippen molar-refractivity contribution < 1.29 is 10.0 Å². The van der Waals surface area contributed by atoms with Crippen molar-refractivity contribution in [1.82, 2.24) is 10.5 Å². The third-order valence-corrected chi connectivity index (χ3v) is 4.19. The Morgan fingerprint density at radius 2 is 1.81 bits per heavy atom. The topological polar surface area (TPSA) is 74.2 Å². The van der Waals surface area contributed by atoms with E-state index in [0.29, 0.717) is 0 Å². The molecule has 0 aliphatic heterocycles. The summed E-state index contributed by atoms with van der Waals surface area (Å²) in [4.78, 5) is 16.3. The quantitative estimate of drug-likeness (QED) is 0.452. The zero-order valence-electron chi connectivity index (χ0n) is 14.3. The largest absolute Gasteiger partial charge is 0.385 e. The second-order valence-electron chi connectivity index (χ2n) is 5.98. The number of pyridine rings is 1. The number of benzene rings is 2. The van der Waals surface area contributed by atoms with E-state index >= 15 is 0 Å². The van der Waals surface area contributed by atoms with Gasteiger partial charge in [-0.3, -0.25) is 15.0 Å². The molecule has 0 aliphatic rings. The molecule has 132 valence electrons. The lowest BCUT2D eigenvalue weighted by molar-refractivity contribution is -0.129. The first kappa shape index (κ1) is 17.6. The van der Waals surface area contributed by atoms with Crippen LogP contribution in [0.25, 0.3) is 0 Å². The van der Waals surface area contributed by atoms with Crippen molar-refractivity contribution in [3.8, 4) is 0 Å². The number of carbonyl (C=O) groups is 1. The molecule has 3 rings (SSSR count). The van der Waals surface area contributed by atoms with Gasteiger partial charge >= 0.3 is 0 Å². The highest BCUT2D eigenvalue weighted by Gasteiger charge is 2.22. The van der Waals surface area contributed by atoms with E-state index in [1.165, 1.54) is 0 Å². The molecule has 5 heteroatoms. The van der Waals surface area contributed by atoms with E-state index in [9.17, 15) is 4.79 Å². The van der Waals surface area contributed by atoms with Crippen LogP contribution >= 0.6 is 0 Å². The minimum atomic E-state index is -0.568. The Hall–Kier alpha value is -3.18. The summed E-state index contributed by atoms with van der Waals surface area (Å²) in [5, 5.41) is 12.5. The molecule has 0 fully saturated rings. The SMILES string of the molecule is O=C(NO)C(c1ccccc1)c1cccc(NCCc2cccnc2)c1. The highest BCUT2D eigenvalue weighted by Crippen LogP contribution is 2.26. The third kappa shape index (κ3) is 4.46. The Morgan fingerprint density at radius 3 is 2.54 bits per heavy atom. The van der Waals surface area contributed by atoms with Crippen LogP contribution in [0.2, 0.25) is 0 Å². The van der Waals surface area contributed by atoms with Gasteiger partial charge in [0.25, 0.3) is 5.91 Å². The lowest BCUT2D eigenvalue weighted by Crippen LogP contribution is -2.27. The average Bonchev–Trinajstić information content (AvgIpc) is 2.70. The van der Waals surface area contributed by atoms with Gasteiger partial charge in [0.15, 0.2) is 0 Å². The van der Waals surface area contributed by atoms with Crippen molar-refractivity contribution in [2.24, 2.45) is 0 Å². The lowest BCUT2D eigenvalue weighted by Gasteiger charge is -2.17. The maximum absolute atomic E-state index is 12.2. The number of nitrogens with one attached hydrogen (secondary N) is 2. The van der Waals surface area contributed by atoms with E-state index < -0.39 is 11.8 Å². The molecular formula is C21H21N3O2. The van der Waals surface area contributed by atoms with Crippen molar-refractivity contribution in [1.29, 1.82) is 0 Å². The van der Waals surface area contributed by atoms with Crippen molar-refractivity contribution in [2.75, 3.05) is 11.9 Å². The van der Waals surface area contributed by atoms with Gasteiger partial charge in [-0.1, -0.05) is 48.5 Å². The van der Waals surface area contributed by atoms with Crippen LogP contribution in [0.15, 0.2) is 79.1 Å². The van der Waals surface area contributed by atoms with E-state index in [2.05, 4.69) is 10.3 Å². The summed E-state index contributed by atoms with van der Waals surface area (Å²) >= 11 is 0. The summed E-state index contributed by atoms with van der Waals surface area (Å²) in [6, 6.07) is 21.1.